The van der Waals surface area contributed by atoms with Crippen molar-refractivity contribution >= 4 is 11.3 Å². The fourth-order valence-corrected chi connectivity index (χ4v) is 4.10. The fraction of sp³-hybridized carbons (Fsp3) is 0.800. The maximum absolute atomic E-state index is 5.30. The van der Waals surface area contributed by atoms with Crippen LogP contribution in [0.2, 0.25) is 0 Å². The van der Waals surface area contributed by atoms with Gasteiger partial charge in [-0.2, -0.15) is 0 Å². The van der Waals surface area contributed by atoms with Crippen molar-refractivity contribution in [2.45, 2.75) is 63.5 Å². The van der Waals surface area contributed by atoms with Crippen LogP contribution in [-0.2, 0) is 23.1 Å². The number of aromatic nitrogens is 1. The van der Waals surface area contributed by atoms with Gasteiger partial charge in [0.05, 0.1) is 11.2 Å². The standard InChI is InChI=1S/C15H24N2OS/c1-15(9-10-18-2,17-11-7-8-11)14-16-12-5-3-4-6-13(12)19-14/h11,17H,3-10H2,1-2H3. The summed E-state index contributed by atoms with van der Waals surface area (Å²) in [5.74, 6) is 0. The number of nitrogens with zero attached hydrogens (tertiary/aromatic N) is 1. The molecule has 4 heteroatoms. The van der Waals surface area contributed by atoms with Crippen molar-refractivity contribution in [3.63, 3.8) is 0 Å². The van der Waals surface area contributed by atoms with Gasteiger partial charge in [-0.15, -0.1) is 11.3 Å². The van der Waals surface area contributed by atoms with Crippen molar-refractivity contribution in [3.8, 4) is 0 Å². The summed E-state index contributed by atoms with van der Waals surface area (Å²) in [4.78, 5) is 6.49. The van der Waals surface area contributed by atoms with Crippen LogP contribution in [0.3, 0.4) is 0 Å². The molecule has 0 saturated heterocycles. The predicted molar refractivity (Wildman–Crippen MR) is 78.8 cm³/mol. The summed E-state index contributed by atoms with van der Waals surface area (Å²) >= 11 is 1.93. The molecule has 0 spiro atoms. The Kier molecular flexibility index (Phi) is 3.92. The van der Waals surface area contributed by atoms with Crippen molar-refractivity contribution < 1.29 is 4.74 Å². The highest BCUT2D eigenvalue weighted by atomic mass is 32.1. The molecule has 1 saturated carbocycles. The van der Waals surface area contributed by atoms with Crippen LogP contribution in [0.1, 0.15) is 54.6 Å². The molecule has 1 aromatic heterocycles. The first kappa shape index (κ1) is 13.5. The van der Waals surface area contributed by atoms with E-state index in [2.05, 4.69) is 12.2 Å². The largest absolute Gasteiger partial charge is 0.385 e. The molecule has 1 unspecified atom stereocenters. The van der Waals surface area contributed by atoms with Gasteiger partial charge in [0.1, 0.15) is 5.01 Å². The lowest BCUT2D eigenvalue weighted by molar-refractivity contribution is 0.158. The van der Waals surface area contributed by atoms with Crippen LogP contribution in [0, 0.1) is 0 Å². The molecule has 0 radical (unpaired) electrons. The molecule has 1 heterocycles. The average Bonchev–Trinajstić information content (AvgIpc) is 3.10. The summed E-state index contributed by atoms with van der Waals surface area (Å²) in [5, 5.41) is 5.08. The molecule has 2 aliphatic carbocycles. The molecule has 0 amide bonds. The fourth-order valence-electron chi connectivity index (χ4n) is 2.81. The smallest absolute Gasteiger partial charge is 0.113 e. The number of aryl methyl sites for hydroxylation is 2. The number of fused-ring (bicyclic) bond motifs is 1. The zero-order chi connectivity index (χ0) is 13.3. The normalized spacial score (nSPS) is 22.0. The first-order valence-corrected chi connectivity index (χ1v) is 8.28. The van der Waals surface area contributed by atoms with Crippen LogP contribution in [0.15, 0.2) is 0 Å². The molecule has 3 rings (SSSR count). The zero-order valence-corrected chi connectivity index (χ0v) is 12.8. The Morgan fingerprint density at radius 2 is 2.16 bits per heavy atom. The van der Waals surface area contributed by atoms with Crippen molar-refractivity contribution in [2.75, 3.05) is 13.7 Å². The SMILES string of the molecule is COCCC(C)(NC1CC1)c1nc2c(s1)CCCC2. The van der Waals surface area contributed by atoms with Crippen LogP contribution >= 0.6 is 11.3 Å². The highest BCUT2D eigenvalue weighted by molar-refractivity contribution is 7.11. The van der Waals surface area contributed by atoms with E-state index in [1.54, 1.807) is 7.11 Å². The Labute approximate surface area is 119 Å². The monoisotopic (exact) mass is 280 g/mol. The molecule has 1 fully saturated rings. The van der Waals surface area contributed by atoms with Crippen LogP contribution in [0.4, 0.5) is 0 Å². The van der Waals surface area contributed by atoms with E-state index in [-0.39, 0.29) is 5.54 Å². The van der Waals surface area contributed by atoms with E-state index in [1.807, 2.05) is 11.3 Å². The second-order valence-electron chi connectivity index (χ2n) is 6.09. The molecule has 106 valence electrons. The van der Waals surface area contributed by atoms with E-state index in [1.165, 1.54) is 54.1 Å². The van der Waals surface area contributed by atoms with Crippen LogP contribution < -0.4 is 5.32 Å². The van der Waals surface area contributed by atoms with Crippen LogP contribution in [0.5, 0.6) is 0 Å². The van der Waals surface area contributed by atoms with Crippen molar-refractivity contribution in [2.24, 2.45) is 0 Å². The Morgan fingerprint density at radius 1 is 1.37 bits per heavy atom. The Bertz CT molecular complexity index is 418. The van der Waals surface area contributed by atoms with Gasteiger partial charge in [-0.3, -0.25) is 0 Å². The maximum atomic E-state index is 5.30. The van der Waals surface area contributed by atoms with E-state index < -0.39 is 0 Å². The number of hydrogen-bond donors (Lipinski definition) is 1. The first-order chi connectivity index (χ1) is 9.21. The van der Waals surface area contributed by atoms with Crippen LogP contribution in [-0.4, -0.2) is 24.7 Å². The number of thiazole rings is 1. The number of rotatable bonds is 6. The molecule has 1 N–H and O–H groups in total. The maximum Gasteiger partial charge on any atom is 0.113 e. The van der Waals surface area contributed by atoms with E-state index in [0.717, 1.165) is 13.0 Å². The molecule has 1 atom stereocenters. The van der Waals surface area contributed by atoms with Gasteiger partial charge >= 0.3 is 0 Å². The molecule has 0 aromatic carbocycles. The highest BCUT2D eigenvalue weighted by Crippen LogP contribution is 2.36. The summed E-state index contributed by atoms with van der Waals surface area (Å²) in [6.07, 6.45) is 8.68. The molecule has 0 bridgehead atoms. The van der Waals surface area contributed by atoms with Gasteiger partial charge < -0.3 is 10.1 Å². The second kappa shape index (κ2) is 5.51. The molecular weight excluding hydrogens is 256 g/mol. The lowest BCUT2D eigenvalue weighted by Gasteiger charge is -2.29. The van der Waals surface area contributed by atoms with Gasteiger partial charge in [-0.05, 0) is 51.9 Å². The number of methoxy groups -OCH3 is 1. The van der Waals surface area contributed by atoms with Gasteiger partial charge in [0.15, 0.2) is 0 Å². The van der Waals surface area contributed by atoms with Gasteiger partial charge in [0.2, 0.25) is 0 Å². The van der Waals surface area contributed by atoms with Gasteiger partial charge in [-0.25, -0.2) is 4.98 Å². The molecule has 19 heavy (non-hydrogen) atoms. The third kappa shape index (κ3) is 3.01. The predicted octanol–water partition coefficient (Wildman–Crippen LogP) is 3.03. The van der Waals surface area contributed by atoms with Crippen molar-refractivity contribution in [1.82, 2.24) is 10.3 Å². The lowest BCUT2D eigenvalue weighted by Crippen LogP contribution is -2.42. The number of hydrogen-bond acceptors (Lipinski definition) is 4. The molecule has 0 aliphatic heterocycles. The Morgan fingerprint density at radius 3 is 2.84 bits per heavy atom. The summed E-state index contributed by atoms with van der Waals surface area (Å²) in [6.45, 7) is 3.09. The van der Waals surface area contributed by atoms with Crippen LogP contribution in [0.25, 0.3) is 0 Å². The third-order valence-corrected chi connectivity index (χ3v) is 5.65. The lowest BCUT2D eigenvalue weighted by atomic mass is 9.98. The highest BCUT2D eigenvalue weighted by Gasteiger charge is 2.36. The minimum atomic E-state index is -0.000810. The topological polar surface area (TPSA) is 34.1 Å². The quantitative estimate of drug-likeness (QED) is 0.869. The molecule has 3 nitrogen and oxygen atoms in total. The average molecular weight is 280 g/mol. The Balaban J connectivity index is 1.82. The second-order valence-corrected chi connectivity index (χ2v) is 7.17. The van der Waals surface area contributed by atoms with Crippen molar-refractivity contribution in [1.29, 1.82) is 0 Å². The van der Waals surface area contributed by atoms with E-state index >= 15 is 0 Å². The molecule has 1 aromatic rings. The third-order valence-electron chi connectivity index (χ3n) is 4.22. The van der Waals surface area contributed by atoms with Gasteiger partial charge in [-0.1, -0.05) is 0 Å². The molecule has 2 aliphatic rings. The minimum Gasteiger partial charge on any atom is -0.385 e. The van der Waals surface area contributed by atoms with Crippen molar-refractivity contribution in [3.05, 3.63) is 15.6 Å². The van der Waals surface area contributed by atoms with Gasteiger partial charge in [0.25, 0.3) is 0 Å². The zero-order valence-electron chi connectivity index (χ0n) is 12.0. The number of ether oxygens (including phenoxy) is 1. The Hall–Kier alpha value is -0.450. The van der Waals surface area contributed by atoms with Gasteiger partial charge in [0, 0.05) is 24.6 Å². The van der Waals surface area contributed by atoms with E-state index in [4.69, 9.17) is 9.72 Å². The summed E-state index contributed by atoms with van der Waals surface area (Å²) < 4.78 is 5.30. The number of nitrogens with one attached hydrogen (secondary N) is 1. The summed E-state index contributed by atoms with van der Waals surface area (Å²) in [6, 6.07) is 0.697. The van der Waals surface area contributed by atoms with E-state index in [0.29, 0.717) is 6.04 Å². The summed E-state index contributed by atoms with van der Waals surface area (Å²) in [5.41, 5.74) is 1.37. The first-order valence-electron chi connectivity index (χ1n) is 7.47. The van der Waals surface area contributed by atoms with E-state index in [9.17, 15) is 0 Å². The molecular formula is C15H24N2OS. The minimum absolute atomic E-state index is 0.000810. The summed E-state index contributed by atoms with van der Waals surface area (Å²) in [7, 11) is 1.78.